The van der Waals surface area contributed by atoms with E-state index < -0.39 is 0 Å². The van der Waals surface area contributed by atoms with Crippen LogP contribution < -0.4 is 0 Å². The molecule has 1 aromatic rings. The molecule has 1 aromatic carbocycles. The first-order valence-electron chi connectivity index (χ1n) is 7.24. The van der Waals surface area contributed by atoms with Gasteiger partial charge in [0.15, 0.2) is 0 Å². The third-order valence-electron chi connectivity index (χ3n) is 3.75. The van der Waals surface area contributed by atoms with Crippen LogP contribution in [0.2, 0.25) is 0 Å². The average molecular weight is 257 g/mol. The molecule has 0 saturated heterocycles. The highest BCUT2D eigenvalue weighted by molar-refractivity contribution is 5.92. The van der Waals surface area contributed by atoms with Gasteiger partial charge in [0.2, 0.25) is 5.91 Å². The first-order valence-corrected chi connectivity index (χ1v) is 7.24. The summed E-state index contributed by atoms with van der Waals surface area (Å²) in [7, 11) is 0. The summed E-state index contributed by atoms with van der Waals surface area (Å²) in [6.07, 6.45) is 8.44. The first kappa shape index (κ1) is 13.9. The van der Waals surface area contributed by atoms with Gasteiger partial charge in [-0.05, 0) is 38.3 Å². The third-order valence-corrected chi connectivity index (χ3v) is 3.75. The predicted octanol–water partition coefficient (Wildman–Crippen LogP) is 3.88. The van der Waals surface area contributed by atoms with E-state index in [1.54, 1.807) is 6.08 Å². The smallest absolute Gasteiger partial charge is 0.247 e. The fourth-order valence-corrected chi connectivity index (χ4v) is 2.86. The SMILES string of the molecule is CC(C)N(C(=O)/C=C/c1ccccc1)C1CCCC1. The molecule has 102 valence electrons. The minimum Gasteiger partial charge on any atom is -0.334 e. The molecule has 0 atom stereocenters. The van der Waals surface area contributed by atoms with Crippen molar-refractivity contribution in [2.45, 2.75) is 51.6 Å². The molecule has 2 heteroatoms. The zero-order valence-electron chi connectivity index (χ0n) is 11.9. The van der Waals surface area contributed by atoms with Gasteiger partial charge in [0.1, 0.15) is 0 Å². The maximum Gasteiger partial charge on any atom is 0.247 e. The minimum atomic E-state index is 0.144. The Kier molecular flexibility index (Phi) is 4.78. The van der Waals surface area contributed by atoms with Crippen molar-refractivity contribution in [2.75, 3.05) is 0 Å². The summed E-state index contributed by atoms with van der Waals surface area (Å²) in [5.74, 6) is 0.144. The molecular formula is C17H23NO. The Balaban J connectivity index is 2.05. The fourth-order valence-electron chi connectivity index (χ4n) is 2.86. The molecule has 1 saturated carbocycles. The highest BCUT2D eigenvalue weighted by Crippen LogP contribution is 2.25. The maximum absolute atomic E-state index is 12.4. The van der Waals surface area contributed by atoms with Gasteiger partial charge in [-0.15, -0.1) is 0 Å². The molecule has 0 aromatic heterocycles. The summed E-state index contributed by atoms with van der Waals surface area (Å²) in [5.41, 5.74) is 1.07. The molecule has 0 heterocycles. The molecule has 0 N–H and O–H groups in total. The number of rotatable bonds is 4. The van der Waals surface area contributed by atoms with Crippen LogP contribution in [0.1, 0.15) is 45.1 Å². The van der Waals surface area contributed by atoms with Gasteiger partial charge in [-0.1, -0.05) is 43.2 Å². The van der Waals surface area contributed by atoms with Gasteiger partial charge in [0.25, 0.3) is 0 Å². The Morgan fingerprint density at radius 1 is 1.21 bits per heavy atom. The Morgan fingerprint density at radius 2 is 1.84 bits per heavy atom. The van der Waals surface area contributed by atoms with E-state index in [0.717, 1.165) is 18.4 Å². The van der Waals surface area contributed by atoms with Crippen LogP contribution in [0, 0.1) is 0 Å². The van der Waals surface area contributed by atoms with E-state index in [9.17, 15) is 4.79 Å². The average Bonchev–Trinajstić information content (AvgIpc) is 2.91. The van der Waals surface area contributed by atoms with Crippen LogP contribution in [0.5, 0.6) is 0 Å². The molecule has 0 radical (unpaired) electrons. The topological polar surface area (TPSA) is 20.3 Å². The van der Waals surface area contributed by atoms with E-state index >= 15 is 0 Å². The normalized spacial score (nSPS) is 16.4. The standard InChI is InChI=1S/C17H23NO/c1-14(2)18(16-10-6-7-11-16)17(19)13-12-15-8-4-3-5-9-15/h3-5,8-9,12-14,16H,6-7,10-11H2,1-2H3/b13-12+. The van der Waals surface area contributed by atoms with Gasteiger partial charge in [0.05, 0.1) is 0 Å². The van der Waals surface area contributed by atoms with Gasteiger partial charge in [-0.2, -0.15) is 0 Å². The van der Waals surface area contributed by atoms with Crippen molar-refractivity contribution in [3.05, 3.63) is 42.0 Å². The van der Waals surface area contributed by atoms with Gasteiger partial charge in [0, 0.05) is 18.2 Å². The summed E-state index contributed by atoms with van der Waals surface area (Å²) < 4.78 is 0. The second-order valence-electron chi connectivity index (χ2n) is 5.52. The van der Waals surface area contributed by atoms with Gasteiger partial charge >= 0.3 is 0 Å². The largest absolute Gasteiger partial charge is 0.334 e. The summed E-state index contributed by atoms with van der Waals surface area (Å²) in [4.78, 5) is 14.4. The van der Waals surface area contributed by atoms with Gasteiger partial charge in [-0.3, -0.25) is 4.79 Å². The Bertz CT molecular complexity index is 430. The maximum atomic E-state index is 12.4. The van der Waals surface area contributed by atoms with Crippen LogP contribution >= 0.6 is 0 Å². The van der Waals surface area contributed by atoms with E-state index in [2.05, 4.69) is 13.8 Å². The van der Waals surface area contributed by atoms with Crippen molar-refractivity contribution >= 4 is 12.0 Å². The lowest BCUT2D eigenvalue weighted by atomic mass is 10.1. The molecule has 2 rings (SSSR count). The van der Waals surface area contributed by atoms with Gasteiger partial charge < -0.3 is 4.90 Å². The van der Waals surface area contributed by atoms with Crippen molar-refractivity contribution in [2.24, 2.45) is 0 Å². The number of carbonyl (C=O) groups excluding carboxylic acids is 1. The molecule has 1 amide bonds. The number of nitrogens with zero attached hydrogens (tertiary/aromatic N) is 1. The number of carbonyl (C=O) groups is 1. The summed E-state index contributed by atoms with van der Waals surface area (Å²) >= 11 is 0. The Hall–Kier alpha value is -1.57. The molecule has 0 bridgehead atoms. The fraction of sp³-hybridized carbons (Fsp3) is 0.471. The Labute approximate surface area is 116 Å². The molecule has 0 unspecified atom stereocenters. The number of hydrogen-bond acceptors (Lipinski definition) is 1. The predicted molar refractivity (Wildman–Crippen MR) is 79.7 cm³/mol. The molecule has 0 aliphatic heterocycles. The lowest BCUT2D eigenvalue weighted by Crippen LogP contribution is -2.42. The third kappa shape index (κ3) is 3.69. The zero-order chi connectivity index (χ0) is 13.7. The van der Waals surface area contributed by atoms with E-state index in [4.69, 9.17) is 0 Å². The van der Waals surface area contributed by atoms with Crippen LogP contribution in [-0.4, -0.2) is 22.9 Å². The summed E-state index contributed by atoms with van der Waals surface area (Å²) in [5, 5.41) is 0. The van der Waals surface area contributed by atoms with Crippen molar-refractivity contribution in [1.82, 2.24) is 4.90 Å². The summed E-state index contributed by atoms with van der Waals surface area (Å²) in [6.45, 7) is 4.21. The van der Waals surface area contributed by atoms with E-state index in [1.165, 1.54) is 12.8 Å². The Morgan fingerprint density at radius 3 is 2.42 bits per heavy atom. The van der Waals surface area contributed by atoms with Crippen LogP contribution in [0.25, 0.3) is 6.08 Å². The minimum absolute atomic E-state index is 0.144. The van der Waals surface area contributed by atoms with E-state index in [0.29, 0.717) is 6.04 Å². The van der Waals surface area contributed by atoms with Crippen molar-refractivity contribution < 1.29 is 4.79 Å². The molecule has 1 aliphatic carbocycles. The molecule has 0 spiro atoms. The highest BCUT2D eigenvalue weighted by atomic mass is 16.2. The molecule has 19 heavy (non-hydrogen) atoms. The molecule has 2 nitrogen and oxygen atoms in total. The quantitative estimate of drug-likeness (QED) is 0.750. The monoisotopic (exact) mass is 257 g/mol. The van der Waals surface area contributed by atoms with Gasteiger partial charge in [-0.25, -0.2) is 0 Å². The summed E-state index contributed by atoms with van der Waals surface area (Å²) in [6, 6.07) is 10.7. The van der Waals surface area contributed by atoms with E-state index in [1.807, 2.05) is 41.3 Å². The lowest BCUT2D eigenvalue weighted by Gasteiger charge is -2.31. The van der Waals surface area contributed by atoms with Crippen LogP contribution in [0.3, 0.4) is 0 Å². The van der Waals surface area contributed by atoms with Crippen molar-refractivity contribution in [3.8, 4) is 0 Å². The van der Waals surface area contributed by atoms with E-state index in [-0.39, 0.29) is 11.9 Å². The molecule has 1 aliphatic rings. The van der Waals surface area contributed by atoms with Crippen LogP contribution in [0.4, 0.5) is 0 Å². The van der Waals surface area contributed by atoms with Crippen molar-refractivity contribution in [1.29, 1.82) is 0 Å². The number of hydrogen-bond donors (Lipinski definition) is 0. The van der Waals surface area contributed by atoms with Crippen LogP contribution in [0.15, 0.2) is 36.4 Å². The number of benzene rings is 1. The molecule has 1 fully saturated rings. The lowest BCUT2D eigenvalue weighted by molar-refractivity contribution is -0.130. The second kappa shape index (κ2) is 6.55. The first-order chi connectivity index (χ1) is 9.18. The van der Waals surface area contributed by atoms with Crippen molar-refractivity contribution in [3.63, 3.8) is 0 Å². The second-order valence-corrected chi connectivity index (χ2v) is 5.52. The highest BCUT2D eigenvalue weighted by Gasteiger charge is 2.27. The zero-order valence-corrected chi connectivity index (χ0v) is 11.9. The van der Waals surface area contributed by atoms with Crippen LogP contribution in [-0.2, 0) is 4.79 Å². The number of amides is 1. The molecular weight excluding hydrogens is 234 g/mol.